The van der Waals surface area contributed by atoms with Gasteiger partial charge in [0.1, 0.15) is 5.82 Å². The molecule has 0 saturated carbocycles. The van der Waals surface area contributed by atoms with Crippen molar-refractivity contribution in [2.75, 3.05) is 11.9 Å². The molecule has 0 fully saturated rings. The van der Waals surface area contributed by atoms with Crippen LogP contribution in [0.1, 0.15) is 17.1 Å². The summed E-state index contributed by atoms with van der Waals surface area (Å²) in [6, 6.07) is 7.96. The van der Waals surface area contributed by atoms with Crippen LogP contribution in [0.4, 0.5) is 11.6 Å². The number of hydrogen-bond donors (Lipinski definition) is 4. The van der Waals surface area contributed by atoms with Crippen LogP contribution in [0, 0.1) is 20.8 Å². The molecule has 1 aromatic carbocycles. The van der Waals surface area contributed by atoms with E-state index in [2.05, 4.69) is 25.6 Å². The van der Waals surface area contributed by atoms with Gasteiger partial charge < -0.3 is 15.5 Å². The van der Waals surface area contributed by atoms with Crippen molar-refractivity contribution in [3.05, 3.63) is 41.3 Å². The topological polar surface area (TPSA) is 112 Å². The van der Waals surface area contributed by atoms with Crippen LogP contribution < -0.4 is 5.32 Å². The molecule has 0 aliphatic heterocycles. The van der Waals surface area contributed by atoms with Crippen LogP contribution in [0.3, 0.4) is 0 Å². The Morgan fingerprint density at radius 2 is 2.04 bits per heavy atom. The van der Waals surface area contributed by atoms with Crippen molar-refractivity contribution in [2.45, 2.75) is 33.4 Å². The summed E-state index contributed by atoms with van der Waals surface area (Å²) in [7, 11) is 0. The van der Waals surface area contributed by atoms with Crippen molar-refractivity contribution in [1.29, 1.82) is 0 Å². The van der Waals surface area contributed by atoms with Gasteiger partial charge in [0.15, 0.2) is 0 Å². The van der Waals surface area contributed by atoms with E-state index in [-0.39, 0.29) is 13.2 Å². The fourth-order valence-corrected chi connectivity index (χ4v) is 2.53. The molecule has 8 nitrogen and oxygen atoms in total. The lowest BCUT2D eigenvalue weighted by atomic mass is 10.1. The zero-order chi connectivity index (χ0) is 18.0. The fraction of sp³-hybridized carbons (Fsp3) is 0.353. The Balaban J connectivity index is 1.88. The highest BCUT2D eigenvalue weighted by Crippen LogP contribution is 2.26. The van der Waals surface area contributed by atoms with E-state index in [1.165, 1.54) is 0 Å². The number of H-pyrrole nitrogens is 1. The predicted molar refractivity (Wildman–Crippen MR) is 94.6 cm³/mol. The van der Waals surface area contributed by atoms with Crippen LogP contribution in [0.5, 0.6) is 0 Å². The maximum absolute atomic E-state index is 9.62. The second kappa shape index (κ2) is 7.04. The molecular formula is C17H22N6O2. The van der Waals surface area contributed by atoms with E-state index in [0.717, 1.165) is 34.0 Å². The Morgan fingerprint density at radius 3 is 2.72 bits per heavy atom. The number of nitrogens with one attached hydrogen (secondary N) is 2. The summed E-state index contributed by atoms with van der Waals surface area (Å²) >= 11 is 0. The molecule has 0 amide bonds. The number of nitrogens with zero attached hydrogens (tertiary/aromatic N) is 4. The molecule has 2 heterocycles. The van der Waals surface area contributed by atoms with Crippen molar-refractivity contribution in [1.82, 2.24) is 25.0 Å². The van der Waals surface area contributed by atoms with Gasteiger partial charge in [-0.2, -0.15) is 10.1 Å². The summed E-state index contributed by atoms with van der Waals surface area (Å²) < 4.78 is 1.70. The van der Waals surface area contributed by atoms with E-state index < -0.39 is 6.10 Å². The molecular weight excluding hydrogens is 320 g/mol. The highest BCUT2D eigenvalue weighted by Gasteiger charge is 2.12. The molecule has 0 spiro atoms. The molecule has 25 heavy (non-hydrogen) atoms. The number of rotatable bonds is 6. The molecule has 0 aliphatic carbocycles. The Bertz CT molecular complexity index is 870. The third-order valence-corrected chi connectivity index (χ3v) is 3.95. The highest BCUT2D eigenvalue weighted by molar-refractivity contribution is 5.69. The van der Waals surface area contributed by atoms with Gasteiger partial charge in [-0.1, -0.05) is 12.1 Å². The number of anilines is 2. The zero-order valence-corrected chi connectivity index (χ0v) is 14.5. The third kappa shape index (κ3) is 3.86. The van der Waals surface area contributed by atoms with Gasteiger partial charge >= 0.3 is 0 Å². The van der Waals surface area contributed by atoms with Gasteiger partial charge in [0.2, 0.25) is 5.95 Å². The second-order valence-corrected chi connectivity index (χ2v) is 6.09. The lowest BCUT2D eigenvalue weighted by Gasteiger charge is -2.09. The monoisotopic (exact) mass is 342 g/mol. The molecule has 1 atom stereocenters. The highest BCUT2D eigenvalue weighted by atomic mass is 16.3. The van der Waals surface area contributed by atoms with Crippen LogP contribution in [-0.2, 0) is 6.54 Å². The maximum Gasteiger partial charge on any atom is 0.246 e. The van der Waals surface area contributed by atoms with E-state index in [1.807, 2.05) is 45.0 Å². The van der Waals surface area contributed by atoms with Crippen LogP contribution in [0.15, 0.2) is 24.3 Å². The average Bonchev–Trinajstić information content (AvgIpc) is 3.15. The summed E-state index contributed by atoms with van der Waals surface area (Å²) in [5.41, 5.74) is 4.64. The fourth-order valence-electron chi connectivity index (χ4n) is 2.53. The van der Waals surface area contributed by atoms with Crippen molar-refractivity contribution in [3.8, 4) is 11.3 Å². The minimum Gasteiger partial charge on any atom is -0.394 e. The van der Waals surface area contributed by atoms with E-state index >= 15 is 0 Å². The first-order valence-electron chi connectivity index (χ1n) is 8.06. The van der Waals surface area contributed by atoms with Crippen LogP contribution in [0.2, 0.25) is 0 Å². The summed E-state index contributed by atoms with van der Waals surface area (Å²) in [6.45, 7) is 5.74. The Hall–Kier alpha value is -2.71. The quantitative estimate of drug-likeness (QED) is 0.542. The summed E-state index contributed by atoms with van der Waals surface area (Å²) in [6.07, 6.45) is -0.823. The Kier molecular flexibility index (Phi) is 4.82. The largest absolute Gasteiger partial charge is 0.394 e. The van der Waals surface area contributed by atoms with Gasteiger partial charge in [-0.15, -0.1) is 5.10 Å². The van der Waals surface area contributed by atoms with E-state index in [1.54, 1.807) is 4.68 Å². The van der Waals surface area contributed by atoms with Gasteiger partial charge in [-0.25, -0.2) is 0 Å². The first-order valence-corrected chi connectivity index (χ1v) is 8.06. The molecule has 0 bridgehead atoms. The van der Waals surface area contributed by atoms with E-state index in [0.29, 0.717) is 5.95 Å². The van der Waals surface area contributed by atoms with Gasteiger partial charge in [0.05, 0.1) is 24.9 Å². The number of hydrogen-bond acceptors (Lipinski definition) is 6. The third-order valence-electron chi connectivity index (χ3n) is 3.95. The lowest BCUT2D eigenvalue weighted by molar-refractivity contribution is 0.0778. The van der Waals surface area contributed by atoms with E-state index in [9.17, 15) is 5.11 Å². The summed E-state index contributed by atoms with van der Waals surface area (Å²) in [4.78, 5) is 4.26. The molecule has 0 radical (unpaired) electrons. The molecule has 1 unspecified atom stereocenters. The number of aliphatic hydroxyl groups excluding tert-OH is 2. The minimum absolute atomic E-state index is 0.260. The normalized spacial score (nSPS) is 12.4. The number of aromatic amines is 1. The van der Waals surface area contributed by atoms with Crippen LogP contribution >= 0.6 is 0 Å². The first kappa shape index (κ1) is 17.1. The van der Waals surface area contributed by atoms with Gasteiger partial charge in [-0.05, 0) is 38.5 Å². The van der Waals surface area contributed by atoms with Crippen molar-refractivity contribution in [3.63, 3.8) is 0 Å². The molecule has 132 valence electrons. The maximum atomic E-state index is 9.62. The number of benzene rings is 1. The van der Waals surface area contributed by atoms with Crippen molar-refractivity contribution < 1.29 is 10.2 Å². The first-order chi connectivity index (χ1) is 12.0. The summed E-state index contributed by atoms with van der Waals surface area (Å²) in [5, 5.41) is 33.3. The molecule has 4 N–H and O–H groups in total. The molecule has 2 aromatic heterocycles. The SMILES string of the molecule is Cc1nc(Nc2cc(-c3cc(C)n(CC(O)CO)n3)ccc2C)n[nH]1. The molecule has 0 saturated heterocycles. The van der Waals surface area contributed by atoms with Crippen molar-refractivity contribution >= 4 is 11.6 Å². The smallest absolute Gasteiger partial charge is 0.246 e. The second-order valence-electron chi connectivity index (χ2n) is 6.09. The molecule has 0 aliphatic rings. The Morgan fingerprint density at radius 1 is 1.24 bits per heavy atom. The predicted octanol–water partition coefficient (Wildman–Crippen LogP) is 1.69. The zero-order valence-electron chi connectivity index (χ0n) is 14.5. The number of aromatic nitrogens is 5. The molecule has 3 aromatic rings. The standard InChI is InChI=1S/C17H22N6O2/c1-10-4-5-13(7-15(10)19-17-18-12(3)20-21-17)16-6-11(2)23(22-16)8-14(25)9-24/h4-7,14,24-25H,8-9H2,1-3H3,(H2,18,19,20,21). The number of aliphatic hydroxyl groups is 2. The molecule has 3 rings (SSSR count). The minimum atomic E-state index is -0.823. The summed E-state index contributed by atoms with van der Waals surface area (Å²) in [5.74, 6) is 1.26. The van der Waals surface area contributed by atoms with Crippen LogP contribution in [-0.4, -0.2) is 47.9 Å². The lowest BCUT2D eigenvalue weighted by Crippen LogP contribution is -2.21. The average molecular weight is 342 g/mol. The number of aryl methyl sites for hydroxylation is 3. The Labute approximate surface area is 145 Å². The van der Waals surface area contributed by atoms with Gasteiger partial charge in [0.25, 0.3) is 0 Å². The van der Waals surface area contributed by atoms with Gasteiger partial charge in [-0.3, -0.25) is 9.78 Å². The van der Waals surface area contributed by atoms with Crippen molar-refractivity contribution in [2.24, 2.45) is 0 Å². The van der Waals surface area contributed by atoms with Gasteiger partial charge in [0, 0.05) is 16.9 Å². The van der Waals surface area contributed by atoms with Crippen LogP contribution in [0.25, 0.3) is 11.3 Å². The molecule has 8 heteroatoms. The van der Waals surface area contributed by atoms with E-state index in [4.69, 9.17) is 5.11 Å².